The monoisotopic (exact) mass is 275 g/mol. The molecule has 1 fully saturated rings. The Morgan fingerprint density at radius 2 is 2.00 bits per heavy atom. The summed E-state index contributed by atoms with van der Waals surface area (Å²) in [5.74, 6) is 0.0000637. The molecule has 1 aliphatic rings. The van der Waals surface area contributed by atoms with Crippen LogP contribution in [0.2, 0.25) is 0 Å². The third kappa shape index (κ3) is 3.36. The van der Waals surface area contributed by atoms with E-state index >= 15 is 0 Å². The Kier molecular flexibility index (Phi) is 4.39. The highest BCUT2D eigenvalue weighted by atomic mass is 16.4. The van der Waals surface area contributed by atoms with Crippen molar-refractivity contribution < 1.29 is 9.90 Å². The number of likely N-dealkylation sites (N-methyl/N-ethyl adjacent to an activating group) is 1. The Balaban J connectivity index is 2.08. The number of anilines is 1. The minimum atomic E-state index is -0.948. The van der Waals surface area contributed by atoms with Crippen LogP contribution < -0.4 is 4.90 Å². The lowest BCUT2D eigenvalue weighted by Crippen LogP contribution is -2.55. The maximum Gasteiger partial charge on any atom is 0.328 e. The number of hydrogen-bond donors (Lipinski definition) is 1. The van der Waals surface area contributed by atoms with Gasteiger partial charge in [0.25, 0.3) is 0 Å². The average Bonchev–Trinajstić information content (AvgIpc) is 2.42. The van der Waals surface area contributed by atoms with Gasteiger partial charge in [-0.15, -0.1) is 0 Å². The van der Waals surface area contributed by atoms with Gasteiger partial charge < -0.3 is 10.0 Å². The van der Waals surface area contributed by atoms with E-state index in [1.807, 2.05) is 12.1 Å². The van der Waals surface area contributed by atoms with Crippen LogP contribution in [-0.2, 0) is 4.79 Å². The first-order valence-corrected chi connectivity index (χ1v) is 6.81. The van der Waals surface area contributed by atoms with Gasteiger partial charge in [-0.25, -0.2) is 9.78 Å². The molecule has 1 N–H and O–H groups in total. The number of carboxylic acids is 1. The van der Waals surface area contributed by atoms with Crippen molar-refractivity contribution in [2.24, 2.45) is 0 Å². The second kappa shape index (κ2) is 6.05. The molecule has 0 radical (unpaired) electrons. The molecule has 5 heteroatoms. The second-order valence-electron chi connectivity index (χ2n) is 5.39. The van der Waals surface area contributed by atoms with Gasteiger partial charge in [0.15, 0.2) is 0 Å². The zero-order valence-corrected chi connectivity index (χ0v) is 12.2. The van der Waals surface area contributed by atoms with Gasteiger partial charge in [0, 0.05) is 37.4 Å². The largest absolute Gasteiger partial charge is 0.478 e. The number of rotatable bonds is 3. The van der Waals surface area contributed by atoms with E-state index in [1.165, 1.54) is 0 Å². The predicted octanol–water partition coefficient (Wildman–Crippen LogP) is 1.71. The molecule has 2 unspecified atom stereocenters. The first kappa shape index (κ1) is 14.5. The number of nitrogens with zero attached hydrogens (tertiary/aromatic N) is 3. The summed E-state index contributed by atoms with van der Waals surface area (Å²) < 4.78 is 0. The number of piperazine rings is 1. The van der Waals surface area contributed by atoms with Crippen LogP contribution in [-0.4, -0.2) is 53.2 Å². The highest BCUT2D eigenvalue weighted by Gasteiger charge is 2.26. The van der Waals surface area contributed by atoms with Gasteiger partial charge in [0.05, 0.1) is 0 Å². The van der Waals surface area contributed by atoms with E-state index in [2.05, 4.69) is 35.7 Å². The number of pyridine rings is 1. The smallest absolute Gasteiger partial charge is 0.328 e. The summed E-state index contributed by atoms with van der Waals surface area (Å²) >= 11 is 0. The van der Waals surface area contributed by atoms with E-state index in [4.69, 9.17) is 5.11 Å². The lowest BCUT2D eigenvalue weighted by molar-refractivity contribution is -0.131. The van der Waals surface area contributed by atoms with Crippen LogP contribution in [0.1, 0.15) is 19.4 Å². The summed E-state index contributed by atoms with van der Waals surface area (Å²) in [4.78, 5) is 19.6. The van der Waals surface area contributed by atoms with E-state index in [1.54, 1.807) is 12.3 Å². The Bertz CT molecular complexity index is 486. The molecule has 0 aliphatic carbocycles. The Morgan fingerprint density at radius 3 is 2.50 bits per heavy atom. The molecule has 5 nitrogen and oxygen atoms in total. The third-order valence-corrected chi connectivity index (χ3v) is 3.87. The van der Waals surface area contributed by atoms with Crippen molar-refractivity contribution in [3.63, 3.8) is 0 Å². The lowest BCUT2D eigenvalue weighted by Gasteiger charge is -2.43. The summed E-state index contributed by atoms with van der Waals surface area (Å²) in [7, 11) is 2.15. The van der Waals surface area contributed by atoms with Crippen molar-refractivity contribution in [3.05, 3.63) is 30.0 Å². The molecule has 2 atom stereocenters. The molecule has 108 valence electrons. The van der Waals surface area contributed by atoms with Gasteiger partial charge in [-0.05, 0) is 44.7 Å². The molecule has 20 heavy (non-hydrogen) atoms. The summed E-state index contributed by atoms with van der Waals surface area (Å²) in [5, 5.41) is 8.60. The number of aliphatic carboxylic acids is 1. The maximum absolute atomic E-state index is 10.5. The third-order valence-electron chi connectivity index (χ3n) is 3.87. The standard InChI is InChI=1S/C15H21N3O2/c1-11-9-18(10-12(2)17(11)3)14-6-4-13(8-16-14)5-7-15(19)20/h4-8,11-12H,9-10H2,1-3H3,(H,19,20)/b7-5+. The van der Waals surface area contributed by atoms with Crippen LogP contribution >= 0.6 is 0 Å². The SMILES string of the molecule is CC1CN(c2ccc(/C=C/C(=O)O)cn2)CC(C)N1C. The summed E-state index contributed by atoms with van der Waals surface area (Å²) in [6, 6.07) is 4.83. The summed E-state index contributed by atoms with van der Waals surface area (Å²) in [5.41, 5.74) is 0.798. The number of hydrogen-bond acceptors (Lipinski definition) is 4. The molecular weight excluding hydrogens is 254 g/mol. The predicted molar refractivity (Wildman–Crippen MR) is 79.8 cm³/mol. The Labute approximate surface area is 119 Å². The fourth-order valence-corrected chi connectivity index (χ4v) is 2.44. The van der Waals surface area contributed by atoms with E-state index < -0.39 is 5.97 Å². The van der Waals surface area contributed by atoms with E-state index in [-0.39, 0.29) is 0 Å². The molecule has 1 saturated heterocycles. The Hall–Kier alpha value is -1.88. The van der Waals surface area contributed by atoms with Gasteiger partial charge in [0.1, 0.15) is 5.82 Å². The summed E-state index contributed by atoms with van der Waals surface area (Å²) in [6.07, 6.45) is 4.38. The number of carbonyl (C=O) groups is 1. The molecular formula is C15H21N3O2. The molecule has 0 saturated carbocycles. The normalized spacial score (nSPS) is 24.2. The molecule has 0 bridgehead atoms. The topological polar surface area (TPSA) is 56.7 Å². The minimum Gasteiger partial charge on any atom is -0.478 e. The van der Waals surface area contributed by atoms with Crippen LogP contribution in [0.3, 0.4) is 0 Å². The highest BCUT2D eigenvalue weighted by Crippen LogP contribution is 2.19. The fraction of sp³-hybridized carbons (Fsp3) is 0.467. The van der Waals surface area contributed by atoms with Crippen LogP contribution in [0, 0.1) is 0 Å². The molecule has 1 aromatic heterocycles. The number of aromatic nitrogens is 1. The van der Waals surface area contributed by atoms with Crippen LogP contribution in [0.4, 0.5) is 5.82 Å². The van der Waals surface area contributed by atoms with E-state index in [0.29, 0.717) is 12.1 Å². The van der Waals surface area contributed by atoms with Crippen molar-refractivity contribution in [3.8, 4) is 0 Å². The van der Waals surface area contributed by atoms with Crippen LogP contribution in [0.15, 0.2) is 24.4 Å². The molecule has 2 heterocycles. The van der Waals surface area contributed by atoms with Gasteiger partial charge in [0.2, 0.25) is 0 Å². The maximum atomic E-state index is 10.5. The van der Waals surface area contributed by atoms with Gasteiger partial charge in [-0.2, -0.15) is 0 Å². The molecule has 1 aliphatic heterocycles. The van der Waals surface area contributed by atoms with Crippen LogP contribution in [0.5, 0.6) is 0 Å². The van der Waals surface area contributed by atoms with Crippen molar-refractivity contribution in [1.82, 2.24) is 9.88 Å². The van der Waals surface area contributed by atoms with Gasteiger partial charge >= 0.3 is 5.97 Å². The van der Waals surface area contributed by atoms with E-state index in [9.17, 15) is 4.79 Å². The fourth-order valence-electron chi connectivity index (χ4n) is 2.44. The zero-order chi connectivity index (χ0) is 14.7. The van der Waals surface area contributed by atoms with Crippen LogP contribution in [0.25, 0.3) is 6.08 Å². The van der Waals surface area contributed by atoms with Crippen molar-refractivity contribution >= 4 is 17.9 Å². The molecule has 1 aromatic rings. The number of carboxylic acid groups (broad SMARTS) is 1. The molecule has 0 spiro atoms. The molecule has 2 rings (SSSR count). The highest BCUT2D eigenvalue weighted by molar-refractivity contribution is 5.85. The quantitative estimate of drug-likeness (QED) is 0.851. The van der Waals surface area contributed by atoms with E-state index in [0.717, 1.165) is 30.5 Å². The second-order valence-corrected chi connectivity index (χ2v) is 5.39. The Morgan fingerprint density at radius 1 is 1.35 bits per heavy atom. The minimum absolute atomic E-state index is 0.493. The molecule has 0 aromatic carbocycles. The first-order chi connectivity index (χ1) is 9.47. The zero-order valence-electron chi connectivity index (χ0n) is 12.2. The summed E-state index contributed by atoms with van der Waals surface area (Å²) in [6.45, 7) is 6.34. The molecule has 0 amide bonds. The van der Waals surface area contributed by atoms with Gasteiger partial charge in [-0.3, -0.25) is 4.90 Å². The first-order valence-electron chi connectivity index (χ1n) is 6.81. The lowest BCUT2D eigenvalue weighted by atomic mass is 10.1. The average molecular weight is 275 g/mol. The van der Waals surface area contributed by atoms with Crippen molar-refractivity contribution in [1.29, 1.82) is 0 Å². The van der Waals surface area contributed by atoms with Crippen molar-refractivity contribution in [2.75, 3.05) is 25.0 Å². The van der Waals surface area contributed by atoms with Crippen molar-refractivity contribution in [2.45, 2.75) is 25.9 Å². The van der Waals surface area contributed by atoms with Gasteiger partial charge in [-0.1, -0.05) is 0 Å².